The highest BCUT2D eigenvalue weighted by atomic mass is 16.3. The van der Waals surface area contributed by atoms with Crippen molar-refractivity contribution >= 4 is 12.0 Å². The number of nitrogens with zero attached hydrogens (tertiary/aromatic N) is 4. The second-order valence-corrected chi connectivity index (χ2v) is 6.66. The highest BCUT2D eigenvalue weighted by molar-refractivity contribution is 5.92. The molecular weight excluding hydrogens is 318 g/mol. The third kappa shape index (κ3) is 3.66. The minimum atomic E-state index is -0.623. The summed E-state index contributed by atoms with van der Waals surface area (Å²) in [5.74, 6) is -0.196. The normalized spacial score (nSPS) is 23.9. The number of hydrogen-bond donors (Lipinski definition) is 2. The number of aliphatic hydroxyl groups excluding tert-OH is 1. The zero-order chi connectivity index (χ0) is 18.0. The predicted molar refractivity (Wildman–Crippen MR) is 94.8 cm³/mol. The van der Waals surface area contributed by atoms with Crippen LogP contribution in [0.25, 0.3) is 6.08 Å². The van der Waals surface area contributed by atoms with E-state index in [4.69, 9.17) is 0 Å². The highest BCUT2D eigenvalue weighted by Gasteiger charge is 2.33. The van der Waals surface area contributed by atoms with Crippen molar-refractivity contribution in [1.82, 2.24) is 24.6 Å². The number of imidazole rings is 1. The first-order valence-corrected chi connectivity index (χ1v) is 8.61. The SMILES string of the molecule is Cc1nn(C)c(C)c1/C=C/C(=O)N[C@@H]1CCC[C@@H](n2ccnc2)[C@@H]1O. The van der Waals surface area contributed by atoms with Crippen LogP contribution in [-0.4, -0.2) is 42.5 Å². The van der Waals surface area contributed by atoms with E-state index in [0.29, 0.717) is 0 Å². The molecule has 2 heterocycles. The third-order valence-electron chi connectivity index (χ3n) is 5.02. The number of carbonyl (C=O) groups excluding carboxylic acids is 1. The van der Waals surface area contributed by atoms with Crippen molar-refractivity contribution in [2.45, 2.75) is 51.3 Å². The van der Waals surface area contributed by atoms with Gasteiger partial charge in [0, 0.05) is 36.8 Å². The van der Waals surface area contributed by atoms with E-state index in [9.17, 15) is 9.90 Å². The number of hydrogen-bond acceptors (Lipinski definition) is 4. The van der Waals surface area contributed by atoms with Gasteiger partial charge >= 0.3 is 0 Å². The Hall–Kier alpha value is -2.41. The minimum absolute atomic E-state index is 0.0478. The lowest BCUT2D eigenvalue weighted by Gasteiger charge is -2.35. The van der Waals surface area contributed by atoms with Gasteiger partial charge in [-0.25, -0.2) is 4.98 Å². The molecule has 0 saturated heterocycles. The molecule has 134 valence electrons. The standard InChI is InChI=1S/C18H25N5O2/c1-12-14(13(2)22(3)21-12)7-8-17(24)20-15-5-4-6-16(18(15)25)23-10-9-19-11-23/h7-11,15-16,18,25H,4-6H2,1-3H3,(H,20,24)/b8-7+/t15-,16-,18-/m1/s1. The van der Waals surface area contributed by atoms with Gasteiger partial charge in [0.2, 0.25) is 5.91 Å². The molecule has 3 atom stereocenters. The van der Waals surface area contributed by atoms with E-state index < -0.39 is 6.10 Å². The Kier molecular flexibility index (Phi) is 5.03. The van der Waals surface area contributed by atoms with Crippen LogP contribution >= 0.6 is 0 Å². The highest BCUT2D eigenvalue weighted by Crippen LogP contribution is 2.28. The van der Waals surface area contributed by atoms with E-state index in [1.807, 2.05) is 31.7 Å². The number of rotatable bonds is 4. The van der Waals surface area contributed by atoms with Crippen LogP contribution in [0, 0.1) is 13.8 Å². The first kappa shape index (κ1) is 17.4. The lowest BCUT2D eigenvalue weighted by molar-refractivity contribution is -0.118. The van der Waals surface area contributed by atoms with E-state index in [1.54, 1.807) is 23.3 Å². The number of carbonyl (C=O) groups is 1. The molecule has 3 rings (SSSR count). The Balaban J connectivity index is 1.65. The quantitative estimate of drug-likeness (QED) is 0.824. The molecule has 0 unspecified atom stereocenters. The van der Waals surface area contributed by atoms with Crippen LogP contribution < -0.4 is 5.32 Å². The van der Waals surface area contributed by atoms with Crippen LogP contribution in [0.1, 0.15) is 42.3 Å². The van der Waals surface area contributed by atoms with Crippen molar-refractivity contribution < 1.29 is 9.90 Å². The second kappa shape index (κ2) is 7.23. The second-order valence-electron chi connectivity index (χ2n) is 6.66. The number of aromatic nitrogens is 4. The summed E-state index contributed by atoms with van der Waals surface area (Å²) in [7, 11) is 1.88. The number of aryl methyl sites for hydroxylation is 2. The first-order chi connectivity index (χ1) is 12.0. The van der Waals surface area contributed by atoms with E-state index in [2.05, 4.69) is 15.4 Å². The van der Waals surface area contributed by atoms with Gasteiger partial charge < -0.3 is 15.0 Å². The molecule has 1 amide bonds. The summed E-state index contributed by atoms with van der Waals surface area (Å²) in [5.41, 5.74) is 2.86. The summed E-state index contributed by atoms with van der Waals surface area (Å²) < 4.78 is 3.72. The van der Waals surface area contributed by atoms with Gasteiger partial charge in [-0.1, -0.05) is 0 Å². The molecule has 25 heavy (non-hydrogen) atoms. The fourth-order valence-electron chi connectivity index (χ4n) is 3.53. The fraction of sp³-hybridized carbons (Fsp3) is 0.500. The van der Waals surface area contributed by atoms with Crippen molar-refractivity contribution in [1.29, 1.82) is 0 Å². The molecule has 1 aliphatic rings. The van der Waals surface area contributed by atoms with Gasteiger partial charge in [0.15, 0.2) is 0 Å². The van der Waals surface area contributed by atoms with Crippen molar-refractivity contribution in [3.63, 3.8) is 0 Å². The lowest BCUT2D eigenvalue weighted by Crippen LogP contribution is -2.48. The fourth-order valence-corrected chi connectivity index (χ4v) is 3.53. The largest absolute Gasteiger partial charge is 0.389 e. The monoisotopic (exact) mass is 343 g/mol. The molecule has 0 aliphatic heterocycles. The maximum absolute atomic E-state index is 12.3. The van der Waals surface area contributed by atoms with Gasteiger partial charge in [0.05, 0.1) is 30.2 Å². The zero-order valence-electron chi connectivity index (χ0n) is 14.9. The number of amides is 1. The topological polar surface area (TPSA) is 85.0 Å². The molecule has 7 nitrogen and oxygen atoms in total. The molecule has 2 aromatic rings. The zero-order valence-corrected chi connectivity index (χ0v) is 14.9. The van der Waals surface area contributed by atoms with Gasteiger partial charge in [-0.3, -0.25) is 9.48 Å². The van der Waals surface area contributed by atoms with E-state index >= 15 is 0 Å². The van der Waals surface area contributed by atoms with Gasteiger partial charge in [-0.15, -0.1) is 0 Å². The summed E-state index contributed by atoms with van der Waals surface area (Å²) in [6.07, 6.45) is 10.6. The Morgan fingerprint density at radius 2 is 2.20 bits per heavy atom. The van der Waals surface area contributed by atoms with Gasteiger partial charge in [0.25, 0.3) is 0 Å². The first-order valence-electron chi connectivity index (χ1n) is 8.61. The summed E-state index contributed by atoms with van der Waals surface area (Å²) >= 11 is 0. The summed E-state index contributed by atoms with van der Waals surface area (Å²) in [5, 5.41) is 17.9. The molecule has 1 aliphatic carbocycles. The van der Waals surface area contributed by atoms with Crippen LogP contribution in [0.5, 0.6) is 0 Å². The molecule has 2 N–H and O–H groups in total. The molecule has 0 aromatic carbocycles. The smallest absolute Gasteiger partial charge is 0.244 e. The molecule has 1 saturated carbocycles. The average molecular weight is 343 g/mol. The van der Waals surface area contributed by atoms with Gasteiger partial charge in [0.1, 0.15) is 0 Å². The van der Waals surface area contributed by atoms with Crippen LogP contribution in [0.15, 0.2) is 24.8 Å². The van der Waals surface area contributed by atoms with Crippen molar-refractivity contribution in [3.8, 4) is 0 Å². The predicted octanol–water partition coefficient (Wildman–Crippen LogP) is 1.52. The Labute approximate surface area is 147 Å². The minimum Gasteiger partial charge on any atom is -0.389 e. The molecule has 0 spiro atoms. The Morgan fingerprint density at radius 1 is 1.40 bits per heavy atom. The van der Waals surface area contributed by atoms with E-state index in [1.165, 1.54) is 6.08 Å². The van der Waals surface area contributed by atoms with Crippen molar-refractivity contribution in [2.75, 3.05) is 0 Å². The number of nitrogens with one attached hydrogen (secondary N) is 1. The summed E-state index contributed by atoms with van der Waals surface area (Å²) in [6, 6.07) is -0.303. The molecule has 2 aromatic heterocycles. The Morgan fingerprint density at radius 3 is 2.84 bits per heavy atom. The van der Waals surface area contributed by atoms with Crippen LogP contribution in [0.2, 0.25) is 0 Å². The Bertz CT molecular complexity index is 763. The lowest BCUT2D eigenvalue weighted by atomic mass is 9.88. The molecule has 1 fully saturated rings. The summed E-state index contributed by atoms with van der Waals surface area (Å²) in [4.78, 5) is 16.3. The number of aliphatic hydroxyl groups is 1. The van der Waals surface area contributed by atoms with Crippen molar-refractivity contribution in [2.24, 2.45) is 7.05 Å². The van der Waals surface area contributed by atoms with Gasteiger partial charge in [-0.2, -0.15) is 5.10 Å². The maximum atomic E-state index is 12.3. The third-order valence-corrected chi connectivity index (χ3v) is 5.02. The van der Waals surface area contributed by atoms with E-state index in [0.717, 1.165) is 36.2 Å². The van der Waals surface area contributed by atoms with Gasteiger partial charge in [-0.05, 0) is 39.2 Å². The van der Waals surface area contributed by atoms with Crippen molar-refractivity contribution in [3.05, 3.63) is 41.7 Å². The van der Waals surface area contributed by atoms with E-state index in [-0.39, 0.29) is 18.0 Å². The van der Waals surface area contributed by atoms with Crippen LogP contribution in [0.3, 0.4) is 0 Å². The average Bonchev–Trinajstić information content (AvgIpc) is 3.18. The van der Waals surface area contributed by atoms with Crippen LogP contribution in [0.4, 0.5) is 0 Å². The molecule has 0 radical (unpaired) electrons. The summed E-state index contributed by atoms with van der Waals surface area (Å²) in [6.45, 7) is 3.89. The molecule has 7 heteroatoms. The molecular formula is C18H25N5O2. The van der Waals surface area contributed by atoms with Crippen LogP contribution in [-0.2, 0) is 11.8 Å². The molecule has 0 bridgehead atoms. The maximum Gasteiger partial charge on any atom is 0.244 e.